The molecule has 1 amide bonds. The Balaban J connectivity index is 1.06. The average molecular weight is 751 g/mol. The fourth-order valence-electron chi connectivity index (χ4n) is 9.22. The Morgan fingerprint density at radius 2 is 1.64 bits per heavy atom. The van der Waals surface area contributed by atoms with Crippen LogP contribution in [-0.4, -0.2) is 88.7 Å². The van der Waals surface area contributed by atoms with E-state index < -0.39 is 12.1 Å². The summed E-state index contributed by atoms with van der Waals surface area (Å²) in [5.41, 5.74) is 9.40. The molecular formula is C44H52N3O8+. The van der Waals surface area contributed by atoms with Gasteiger partial charge in [0.25, 0.3) is 0 Å². The molecule has 3 aromatic carbocycles. The fourth-order valence-corrected chi connectivity index (χ4v) is 9.22. The SMILES string of the molecule is CCCOC(=O)NCCOCCOCCCC(=O)c1ccc(C(=O)O)c(-c2c3c(c4c5c2CCCN5CCC4)Oc2c4c5c(cc2=C3)CCC[N+]=5CCC4)c1. The first-order valence-electron chi connectivity index (χ1n) is 20.3. The second-order valence-electron chi connectivity index (χ2n) is 15.2. The molecular weight excluding hydrogens is 698 g/mol. The molecule has 0 fully saturated rings. The number of anilines is 1. The predicted molar refractivity (Wildman–Crippen MR) is 209 cm³/mol. The quantitative estimate of drug-likeness (QED) is 0.0959. The number of hydrogen-bond donors (Lipinski definition) is 2. The first-order valence-corrected chi connectivity index (χ1v) is 20.3. The third-order valence-corrected chi connectivity index (χ3v) is 11.6. The topological polar surface area (TPSA) is 127 Å². The number of ketones is 1. The molecule has 0 spiro atoms. The summed E-state index contributed by atoms with van der Waals surface area (Å²) in [7, 11) is 0. The van der Waals surface area contributed by atoms with Crippen LogP contribution in [-0.2, 0) is 39.9 Å². The summed E-state index contributed by atoms with van der Waals surface area (Å²) in [5.74, 6) is 0.753. The Hall–Kier alpha value is -4.74. The van der Waals surface area contributed by atoms with Crippen molar-refractivity contribution in [3.63, 3.8) is 0 Å². The van der Waals surface area contributed by atoms with Gasteiger partial charge in [0.15, 0.2) is 5.78 Å². The molecule has 0 atom stereocenters. The van der Waals surface area contributed by atoms with Crippen LogP contribution in [0.25, 0.3) is 17.2 Å². The van der Waals surface area contributed by atoms with Gasteiger partial charge in [-0.15, -0.1) is 0 Å². The second-order valence-corrected chi connectivity index (χ2v) is 15.2. The van der Waals surface area contributed by atoms with Crippen LogP contribution in [0.3, 0.4) is 0 Å². The van der Waals surface area contributed by atoms with E-state index in [0.29, 0.717) is 57.1 Å². The minimum atomic E-state index is -1.01. The number of benzene rings is 3. The second kappa shape index (κ2) is 16.5. The zero-order valence-corrected chi connectivity index (χ0v) is 31.9. The van der Waals surface area contributed by atoms with Crippen molar-refractivity contribution in [2.45, 2.75) is 77.6 Å². The summed E-state index contributed by atoms with van der Waals surface area (Å²) in [6, 6.07) is 7.37. The van der Waals surface area contributed by atoms with E-state index in [2.05, 4.69) is 26.9 Å². The van der Waals surface area contributed by atoms with E-state index in [1.807, 2.05) is 13.0 Å². The number of hydrogen-bond acceptors (Lipinski definition) is 8. The van der Waals surface area contributed by atoms with Crippen molar-refractivity contribution in [2.75, 3.05) is 70.7 Å². The van der Waals surface area contributed by atoms with Crippen LogP contribution in [0.5, 0.6) is 11.5 Å². The first kappa shape index (κ1) is 37.2. The highest BCUT2D eigenvalue weighted by molar-refractivity contribution is 6.04. The summed E-state index contributed by atoms with van der Waals surface area (Å²) >= 11 is 0. The fraction of sp³-hybridized carbons (Fsp3) is 0.500. The predicted octanol–water partition coefficient (Wildman–Crippen LogP) is 5.20. The molecule has 0 radical (unpaired) electrons. The molecule has 0 saturated carbocycles. The maximum Gasteiger partial charge on any atom is 0.407 e. The van der Waals surface area contributed by atoms with Crippen molar-refractivity contribution < 1.29 is 38.4 Å². The van der Waals surface area contributed by atoms with Gasteiger partial charge in [0, 0.05) is 78.7 Å². The Labute approximate surface area is 321 Å². The molecule has 0 unspecified atom stereocenters. The smallest absolute Gasteiger partial charge is 0.407 e. The number of carboxylic acids is 1. The molecule has 0 bridgehead atoms. The maximum atomic E-state index is 13.7. The summed E-state index contributed by atoms with van der Waals surface area (Å²) in [5, 5.41) is 15.6. The minimum Gasteiger partial charge on any atom is -0.478 e. The Morgan fingerprint density at radius 3 is 2.44 bits per heavy atom. The highest BCUT2D eigenvalue weighted by atomic mass is 16.5. The number of amides is 1. The van der Waals surface area contributed by atoms with Crippen LogP contribution in [0.15, 0.2) is 24.3 Å². The molecule has 3 aromatic rings. The van der Waals surface area contributed by atoms with Crippen LogP contribution >= 0.6 is 0 Å². The van der Waals surface area contributed by atoms with Gasteiger partial charge in [-0.25, -0.2) is 14.2 Å². The molecule has 55 heavy (non-hydrogen) atoms. The van der Waals surface area contributed by atoms with Gasteiger partial charge in [0.1, 0.15) is 24.6 Å². The van der Waals surface area contributed by atoms with E-state index in [9.17, 15) is 19.5 Å². The van der Waals surface area contributed by atoms with Gasteiger partial charge >= 0.3 is 12.1 Å². The number of fused-ring (bicyclic) bond motifs is 4. The number of carboxylic acid groups (broad SMARTS) is 1. The first-order chi connectivity index (χ1) is 26.9. The number of carbonyl (C=O) groups is 3. The van der Waals surface area contributed by atoms with Crippen LogP contribution in [0, 0.1) is 0 Å². The third-order valence-electron chi connectivity index (χ3n) is 11.6. The van der Waals surface area contributed by atoms with Crippen molar-refractivity contribution in [3.8, 4) is 22.6 Å². The number of ether oxygens (including phenoxy) is 4. The molecule has 8 rings (SSSR count). The minimum absolute atomic E-state index is 0.0537. The zero-order valence-electron chi connectivity index (χ0n) is 31.9. The summed E-state index contributed by atoms with van der Waals surface area (Å²) in [6.45, 7) is 8.29. The molecule has 2 N–H and O–H groups in total. The van der Waals surface area contributed by atoms with E-state index in [1.165, 1.54) is 33.3 Å². The number of rotatable bonds is 15. The zero-order chi connectivity index (χ0) is 37.9. The molecule has 5 aliphatic heterocycles. The highest BCUT2D eigenvalue weighted by Crippen LogP contribution is 2.51. The standard InChI is InChI=1S/C44H51N3O8/c1-2-20-54-44(51)45-15-22-53-24-23-52-21-7-12-37(48)28-13-14-31(43(49)50)35(26-28)38-32-9-4-18-47-19-6-11-34(40(32)47)42-36(38)27-30-25-29-8-3-16-46-17-5-10-33(39(29)46)41(30)55-42/h13-14,25-27H,2-12,15-24H2,1H3,(H-,45,49,50,51)/p+1. The number of aryl methyl sites for hydroxylation is 1. The van der Waals surface area contributed by atoms with Gasteiger partial charge in [-0.05, 0) is 92.3 Å². The van der Waals surface area contributed by atoms with E-state index in [4.69, 9.17) is 18.9 Å². The van der Waals surface area contributed by atoms with Crippen LogP contribution in [0.2, 0.25) is 0 Å². The molecule has 0 aliphatic carbocycles. The van der Waals surface area contributed by atoms with Gasteiger partial charge in [0.2, 0.25) is 5.36 Å². The summed E-state index contributed by atoms with van der Waals surface area (Å²) in [6.07, 6.45) is 11.5. The number of aromatic carboxylic acids is 1. The lowest BCUT2D eigenvalue weighted by Crippen LogP contribution is -2.45. The highest BCUT2D eigenvalue weighted by Gasteiger charge is 2.36. The van der Waals surface area contributed by atoms with Crippen LogP contribution < -0.4 is 30.1 Å². The maximum absolute atomic E-state index is 13.7. The van der Waals surface area contributed by atoms with E-state index in [0.717, 1.165) is 112 Å². The van der Waals surface area contributed by atoms with Crippen molar-refractivity contribution in [1.29, 1.82) is 0 Å². The number of alkyl carbamates (subject to hydrolysis) is 1. The average Bonchev–Trinajstić information content (AvgIpc) is 3.20. The largest absolute Gasteiger partial charge is 0.478 e. The van der Waals surface area contributed by atoms with E-state index >= 15 is 0 Å². The Bertz CT molecular complexity index is 2140. The summed E-state index contributed by atoms with van der Waals surface area (Å²) in [4.78, 5) is 40.5. The van der Waals surface area contributed by atoms with E-state index in [-0.39, 0.29) is 17.8 Å². The number of Topliss-reactive ketones (excluding diaryl/α,β-unsaturated/α-hetero) is 1. The lowest BCUT2D eigenvalue weighted by molar-refractivity contribution is 0.0466. The van der Waals surface area contributed by atoms with E-state index in [1.54, 1.807) is 12.1 Å². The molecule has 5 heterocycles. The van der Waals surface area contributed by atoms with Crippen LogP contribution in [0.4, 0.5) is 10.5 Å². The summed E-state index contributed by atoms with van der Waals surface area (Å²) < 4.78 is 25.9. The normalized spacial score (nSPS) is 16.2. The monoisotopic (exact) mass is 750 g/mol. The lowest BCUT2D eigenvalue weighted by Gasteiger charge is -2.40. The number of nitrogens with one attached hydrogen (secondary N) is 1. The van der Waals surface area contributed by atoms with Gasteiger partial charge < -0.3 is 34.3 Å². The number of carbonyl (C=O) groups excluding carboxylic acids is 2. The van der Waals surface area contributed by atoms with Gasteiger partial charge in [-0.3, -0.25) is 4.79 Å². The number of nitrogens with zero attached hydrogens (tertiary/aromatic N) is 2. The molecule has 11 nitrogen and oxygen atoms in total. The van der Waals surface area contributed by atoms with Gasteiger partial charge in [-0.1, -0.05) is 13.0 Å². The van der Waals surface area contributed by atoms with Gasteiger partial charge in [-0.2, -0.15) is 0 Å². The Morgan fingerprint density at radius 1 is 0.873 bits per heavy atom. The van der Waals surface area contributed by atoms with Gasteiger partial charge in [0.05, 0.1) is 37.6 Å². The van der Waals surface area contributed by atoms with Crippen molar-refractivity contribution in [2.24, 2.45) is 0 Å². The molecule has 290 valence electrons. The molecule has 0 saturated heterocycles. The molecule has 5 aliphatic rings. The van der Waals surface area contributed by atoms with Crippen molar-refractivity contribution >= 4 is 29.6 Å². The third kappa shape index (κ3) is 7.48. The molecule has 11 heteroatoms. The molecule has 0 aromatic heterocycles. The Kier molecular flexibility index (Phi) is 11.2. The van der Waals surface area contributed by atoms with Crippen LogP contribution in [0.1, 0.15) is 100 Å². The van der Waals surface area contributed by atoms with Crippen molar-refractivity contribution in [3.05, 3.63) is 73.8 Å². The lowest BCUT2D eigenvalue weighted by atomic mass is 9.80. The van der Waals surface area contributed by atoms with Crippen molar-refractivity contribution in [1.82, 2.24) is 9.89 Å².